The standard InChI is InChI=1S/C14H20N2/c1-11-6-5-9-13(10-11)16-14(15)12-7-3-2-4-8-12/h5-6,9-10,12H,2-4,7-8H2,1H3,(H2,15,16). The number of hydrogen-bond acceptors (Lipinski definition) is 1. The number of nitrogens with zero attached hydrogens (tertiary/aromatic N) is 1. The van der Waals surface area contributed by atoms with E-state index >= 15 is 0 Å². The summed E-state index contributed by atoms with van der Waals surface area (Å²) in [6.45, 7) is 2.08. The molecule has 1 fully saturated rings. The Hall–Kier alpha value is -1.31. The zero-order valence-corrected chi connectivity index (χ0v) is 9.95. The summed E-state index contributed by atoms with van der Waals surface area (Å²) in [5, 5.41) is 0. The fourth-order valence-electron chi connectivity index (χ4n) is 2.34. The molecule has 1 aliphatic rings. The van der Waals surface area contributed by atoms with Crippen molar-refractivity contribution in [1.29, 1.82) is 0 Å². The third-order valence-corrected chi connectivity index (χ3v) is 3.28. The van der Waals surface area contributed by atoms with Crippen molar-refractivity contribution in [1.82, 2.24) is 0 Å². The van der Waals surface area contributed by atoms with Gasteiger partial charge in [0.2, 0.25) is 0 Å². The molecule has 0 unspecified atom stereocenters. The second kappa shape index (κ2) is 5.15. The van der Waals surface area contributed by atoms with Crippen LogP contribution in [0.25, 0.3) is 0 Å². The van der Waals surface area contributed by atoms with Gasteiger partial charge in [-0.05, 0) is 37.5 Å². The van der Waals surface area contributed by atoms with Crippen LogP contribution in [-0.4, -0.2) is 5.84 Å². The molecule has 16 heavy (non-hydrogen) atoms. The fourth-order valence-corrected chi connectivity index (χ4v) is 2.34. The lowest BCUT2D eigenvalue weighted by atomic mass is 9.88. The van der Waals surface area contributed by atoms with Crippen LogP contribution in [0.1, 0.15) is 37.7 Å². The molecule has 2 heteroatoms. The summed E-state index contributed by atoms with van der Waals surface area (Å²) < 4.78 is 0. The van der Waals surface area contributed by atoms with Crippen LogP contribution >= 0.6 is 0 Å². The predicted octanol–water partition coefficient (Wildman–Crippen LogP) is 3.56. The molecule has 0 spiro atoms. The molecule has 1 aromatic rings. The fraction of sp³-hybridized carbons (Fsp3) is 0.500. The van der Waals surface area contributed by atoms with Crippen LogP contribution in [0.15, 0.2) is 29.3 Å². The first kappa shape index (κ1) is 11.2. The minimum Gasteiger partial charge on any atom is -0.387 e. The number of nitrogens with two attached hydrogens (primary N) is 1. The number of hydrogen-bond donors (Lipinski definition) is 1. The predicted molar refractivity (Wildman–Crippen MR) is 69.0 cm³/mol. The van der Waals surface area contributed by atoms with Gasteiger partial charge >= 0.3 is 0 Å². The zero-order chi connectivity index (χ0) is 11.4. The van der Waals surface area contributed by atoms with Gasteiger partial charge < -0.3 is 5.73 Å². The van der Waals surface area contributed by atoms with Crippen molar-refractivity contribution in [2.24, 2.45) is 16.6 Å². The van der Waals surface area contributed by atoms with Crippen molar-refractivity contribution < 1.29 is 0 Å². The van der Waals surface area contributed by atoms with E-state index in [-0.39, 0.29) is 0 Å². The summed E-state index contributed by atoms with van der Waals surface area (Å²) in [7, 11) is 0. The third-order valence-electron chi connectivity index (χ3n) is 3.28. The molecule has 1 aromatic carbocycles. The van der Waals surface area contributed by atoms with E-state index in [1.165, 1.54) is 37.7 Å². The van der Waals surface area contributed by atoms with Gasteiger partial charge in [0.25, 0.3) is 0 Å². The van der Waals surface area contributed by atoms with Crippen molar-refractivity contribution in [3.05, 3.63) is 29.8 Å². The van der Waals surface area contributed by atoms with Crippen molar-refractivity contribution in [2.75, 3.05) is 0 Å². The molecule has 2 N–H and O–H groups in total. The van der Waals surface area contributed by atoms with Gasteiger partial charge in [-0.25, -0.2) is 4.99 Å². The number of aryl methyl sites for hydroxylation is 1. The van der Waals surface area contributed by atoms with E-state index in [0.717, 1.165) is 11.5 Å². The Morgan fingerprint density at radius 2 is 2.00 bits per heavy atom. The molecule has 0 aromatic heterocycles. The smallest absolute Gasteiger partial charge is 0.103 e. The van der Waals surface area contributed by atoms with Gasteiger partial charge in [0.05, 0.1) is 5.69 Å². The van der Waals surface area contributed by atoms with Gasteiger partial charge in [-0.15, -0.1) is 0 Å². The summed E-state index contributed by atoms with van der Waals surface area (Å²) in [4.78, 5) is 4.54. The summed E-state index contributed by atoms with van der Waals surface area (Å²) in [6, 6.07) is 8.20. The second-order valence-electron chi connectivity index (χ2n) is 4.71. The van der Waals surface area contributed by atoms with Gasteiger partial charge in [0.1, 0.15) is 5.84 Å². The maximum Gasteiger partial charge on any atom is 0.103 e. The van der Waals surface area contributed by atoms with E-state index < -0.39 is 0 Å². The molecule has 0 heterocycles. The maximum atomic E-state index is 6.08. The van der Waals surface area contributed by atoms with Gasteiger partial charge in [-0.2, -0.15) is 0 Å². The molecule has 2 nitrogen and oxygen atoms in total. The molecule has 0 bridgehead atoms. The monoisotopic (exact) mass is 216 g/mol. The molecule has 0 amide bonds. The van der Waals surface area contributed by atoms with Crippen molar-refractivity contribution in [2.45, 2.75) is 39.0 Å². The Labute approximate surface area is 97.6 Å². The molecule has 0 saturated heterocycles. The van der Waals surface area contributed by atoms with Crippen LogP contribution < -0.4 is 5.73 Å². The van der Waals surface area contributed by atoms with Crippen LogP contribution in [0, 0.1) is 12.8 Å². The Morgan fingerprint density at radius 3 is 2.69 bits per heavy atom. The quantitative estimate of drug-likeness (QED) is 0.595. The topological polar surface area (TPSA) is 38.4 Å². The van der Waals surface area contributed by atoms with Gasteiger partial charge in [-0.3, -0.25) is 0 Å². The van der Waals surface area contributed by atoms with Crippen molar-refractivity contribution >= 4 is 11.5 Å². The average Bonchev–Trinajstić information content (AvgIpc) is 2.30. The number of amidine groups is 1. The molecule has 86 valence electrons. The van der Waals surface area contributed by atoms with E-state index in [9.17, 15) is 0 Å². The van der Waals surface area contributed by atoms with E-state index in [0.29, 0.717) is 5.92 Å². The van der Waals surface area contributed by atoms with Crippen LogP contribution in [0.3, 0.4) is 0 Å². The SMILES string of the molecule is Cc1cccc(N=C(N)C2CCCCC2)c1. The van der Waals surface area contributed by atoms with Crippen LogP contribution in [-0.2, 0) is 0 Å². The minimum absolute atomic E-state index is 0.509. The van der Waals surface area contributed by atoms with Gasteiger partial charge in [0, 0.05) is 5.92 Å². The third kappa shape index (κ3) is 2.84. The Balaban J connectivity index is 2.10. The minimum atomic E-state index is 0.509. The van der Waals surface area contributed by atoms with E-state index in [1.807, 2.05) is 12.1 Å². The van der Waals surface area contributed by atoms with Crippen LogP contribution in [0.2, 0.25) is 0 Å². The van der Waals surface area contributed by atoms with Crippen LogP contribution in [0.5, 0.6) is 0 Å². The highest BCUT2D eigenvalue weighted by Gasteiger charge is 2.16. The molecule has 0 aliphatic heterocycles. The van der Waals surface area contributed by atoms with E-state index in [1.54, 1.807) is 0 Å². The highest BCUT2D eigenvalue weighted by Crippen LogP contribution is 2.25. The lowest BCUT2D eigenvalue weighted by Crippen LogP contribution is -2.25. The van der Waals surface area contributed by atoms with Gasteiger partial charge in [0.15, 0.2) is 0 Å². The number of rotatable bonds is 2. The molecular weight excluding hydrogens is 196 g/mol. The number of benzene rings is 1. The highest BCUT2D eigenvalue weighted by atomic mass is 14.9. The lowest BCUT2D eigenvalue weighted by molar-refractivity contribution is 0.437. The van der Waals surface area contributed by atoms with E-state index in [2.05, 4.69) is 24.0 Å². The van der Waals surface area contributed by atoms with Crippen molar-refractivity contribution in [3.63, 3.8) is 0 Å². The van der Waals surface area contributed by atoms with Gasteiger partial charge in [-0.1, -0.05) is 31.4 Å². The summed E-state index contributed by atoms with van der Waals surface area (Å²) in [5.74, 6) is 1.33. The second-order valence-corrected chi connectivity index (χ2v) is 4.71. The number of aliphatic imine (C=N–C) groups is 1. The zero-order valence-electron chi connectivity index (χ0n) is 9.95. The Bertz CT molecular complexity index is 376. The maximum absolute atomic E-state index is 6.08. The Morgan fingerprint density at radius 1 is 1.25 bits per heavy atom. The normalized spacial score (nSPS) is 18.7. The highest BCUT2D eigenvalue weighted by molar-refractivity contribution is 5.85. The van der Waals surface area contributed by atoms with E-state index in [4.69, 9.17) is 5.73 Å². The molecule has 2 rings (SSSR count). The molecule has 1 saturated carbocycles. The molecular formula is C14H20N2. The Kier molecular flexibility index (Phi) is 3.60. The first-order valence-corrected chi connectivity index (χ1v) is 6.16. The van der Waals surface area contributed by atoms with Crippen molar-refractivity contribution in [3.8, 4) is 0 Å². The average molecular weight is 216 g/mol. The lowest BCUT2D eigenvalue weighted by Gasteiger charge is -2.20. The molecule has 0 radical (unpaired) electrons. The molecule has 0 atom stereocenters. The largest absolute Gasteiger partial charge is 0.387 e. The first-order chi connectivity index (χ1) is 7.75. The summed E-state index contributed by atoms with van der Waals surface area (Å²) in [6.07, 6.45) is 6.37. The first-order valence-electron chi connectivity index (χ1n) is 6.16. The van der Waals surface area contributed by atoms with Crippen LogP contribution in [0.4, 0.5) is 5.69 Å². The molecule has 1 aliphatic carbocycles. The summed E-state index contributed by atoms with van der Waals surface area (Å²) in [5.41, 5.74) is 8.30. The summed E-state index contributed by atoms with van der Waals surface area (Å²) >= 11 is 0.